The first kappa shape index (κ1) is 21.8. The highest BCUT2D eigenvalue weighted by molar-refractivity contribution is 14.1. The van der Waals surface area contributed by atoms with Gasteiger partial charge in [0, 0.05) is 9.13 Å². The standard InChI is InChI=1S/C16H13Cl3IN3O4/c1-27-11-5-6-12(13(8-11)23(25)26)21-15(16(17,18)19)22-14(24)9-3-2-4-10(20)7-9/h2-8,15,21H,1H3,(H,22,24). The molecule has 2 aromatic rings. The van der Waals surface area contributed by atoms with Crippen molar-refractivity contribution in [2.75, 3.05) is 12.4 Å². The van der Waals surface area contributed by atoms with E-state index in [1.165, 1.54) is 25.3 Å². The van der Waals surface area contributed by atoms with Crippen LogP contribution in [0.15, 0.2) is 42.5 Å². The summed E-state index contributed by atoms with van der Waals surface area (Å²) in [6, 6.07) is 10.9. The van der Waals surface area contributed by atoms with E-state index in [4.69, 9.17) is 39.5 Å². The first-order chi connectivity index (χ1) is 12.6. The molecule has 0 fully saturated rings. The van der Waals surface area contributed by atoms with Crippen molar-refractivity contribution in [3.8, 4) is 5.75 Å². The lowest BCUT2D eigenvalue weighted by Crippen LogP contribution is -2.49. The fourth-order valence-corrected chi connectivity index (χ4v) is 2.98. The first-order valence-corrected chi connectivity index (χ1v) is 9.55. The topological polar surface area (TPSA) is 93.5 Å². The fourth-order valence-electron chi connectivity index (χ4n) is 2.11. The third-order valence-electron chi connectivity index (χ3n) is 3.39. The molecule has 1 unspecified atom stereocenters. The van der Waals surface area contributed by atoms with Crippen molar-refractivity contribution < 1.29 is 14.5 Å². The van der Waals surface area contributed by atoms with Gasteiger partial charge < -0.3 is 15.4 Å². The van der Waals surface area contributed by atoms with Crippen molar-refractivity contribution in [2.24, 2.45) is 0 Å². The Labute approximate surface area is 183 Å². The molecule has 7 nitrogen and oxygen atoms in total. The highest BCUT2D eigenvalue weighted by Crippen LogP contribution is 2.35. The van der Waals surface area contributed by atoms with Crippen LogP contribution < -0.4 is 15.4 Å². The van der Waals surface area contributed by atoms with E-state index in [0.29, 0.717) is 11.3 Å². The number of ether oxygens (including phenoxy) is 1. The van der Waals surface area contributed by atoms with Crippen LogP contribution in [0.2, 0.25) is 0 Å². The summed E-state index contributed by atoms with van der Waals surface area (Å²) in [5.41, 5.74) is 0.115. The van der Waals surface area contributed by atoms with Crippen molar-refractivity contribution in [1.82, 2.24) is 5.32 Å². The van der Waals surface area contributed by atoms with Gasteiger partial charge in [0.05, 0.1) is 18.1 Å². The number of nitrogens with one attached hydrogen (secondary N) is 2. The van der Waals surface area contributed by atoms with Gasteiger partial charge in [0.15, 0.2) is 0 Å². The van der Waals surface area contributed by atoms with Crippen LogP contribution in [0.3, 0.4) is 0 Å². The predicted octanol–water partition coefficient (Wildman–Crippen LogP) is 4.75. The molecule has 0 saturated carbocycles. The zero-order chi connectivity index (χ0) is 20.2. The molecule has 0 spiro atoms. The van der Waals surface area contributed by atoms with E-state index in [1.54, 1.807) is 18.2 Å². The highest BCUT2D eigenvalue weighted by atomic mass is 127. The lowest BCUT2D eigenvalue weighted by molar-refractivity contribution is -0.384. The summed E-state index contributed by atoms with van der Waals surface area (Å²) >= 11 is 19.9. The molecule has 0 heterocycles. The highest BCUT2D eigenvalue weighted by Gasteiger charge is 2.35. The molecule has 2 N–H and O–H groups in total. The number of halogens is 4. The van der Waals surface area contributed by atoms with Gasteiger partial charge in [-0.2, -0.15) is 0 Å². The lowest BCUT2D eigenvalue weighted by atomic mass is 10.2. The Morgan fingerprint density at radius 3 is 2.52 bits per heavy atom. The van der Waals surface area contributed by atoms with Crippen LogP contribution in [0.5, 0.6) is 5.75 Å². The van der Waals surface area contributed by atoms with E-state index in [9.17, 15) is 14.9 Å². The lowest BCUT2D eigenvalue weighted by Gasteiger charge is -2.27. The molecule has 2 aromatic carbocycles. The Bertz CT molecular complexity index is 861. The van der Waals surface area contributed by atoms with Gasteiger partial charge in [-0.15, -0.1) is 0 Å². The van der Waals surface area contributed by atoms with Gasteiger partial charge in [0.1, 0.15) is 17.6 Å². The average molecular weight is 545 g/mol. The van der Waals surface area contributed by atoms with Crippen molar-refractivity contribution in [2.45, 2.75) is 9.96 Å². The minimum absolute atomic E-state index is 0.0556. The van der Waals surface area contributed by atoms with Crippen molar-refractivity contribution in [3.63, 3.8) is 0 Å². The van der Waals surface area contributed by atoms with Crippen LogP contribution in [0.1, 0.15) is 10.4 Å². The molecule has 0 aliphatic carbocycles. The number of methoxy groups -OCH3 is 1. The number of amides is 1. The van der Waals surface area contributed by atoms with Gasteiger partial charge in [-0.3, -0.25) is 14.9 Å². The van der Waals surface area contributed by atoms with E-state index in [0.717, 1.165) is 3.57 Å². The predicted molar refractivity (Wildman–Crippen MR) is 114 cm³/mol. The number of nitrogens with zero attached hydrogens (tertiary/aromatic N) is 1. The molecule has 0 aliphatic heterocycles. The Kier molecular flexibility index (Phi) is 7.38. The molecule has 0 aliphatic rings. The molecule has 1 amide bonds. The van der Waals surface area contributed by atoms with E-state index in [-0.39, 0.29) is 11.4 Å². The average Bonchev–Trinajstić information content (AvgIpc) is 2.60. The fraction of sp³-hybridized carbons (Fsp3) is 0.188. The molecular weight excluding hydrogens is 531 g/mol. The largest absolute Gasteiger partial charge is 0.496 e. The van der Waals surface area contributed by atoms with Crippen LogP contribution in [-0.4, -0.2) is 27.9 Å². The second kappa shape index (κ2) is 9.13. The quantitative estimate of drug-likeness (QED) is 0.180. The summed E-state index contributed by atoms with van der Waals surface area (Å²) in [4.78, 5) is 23.2. The molecule has 0 aromatic heterocycles. The van der Waals surface area contributed by atoms with E-state index in [1.807, 2.05) is 6.07 Å². The summed E-state index contributed by atoms with van der Waals surface area (Å²) in [7, 11) is 1.39. The summed E-state index contributed by atoms with van der Waals surface area (Å²) in [5, 5.41) is 16.6. The normalized spacial score (nSPS) is 12.2. The Hall–Kier alpha value is -1.49. The molecule has 0 bridgehead atoms. The van der Waals surface area contributed by atoms with Crippen molar-refractivity contribution in [3.05, 3.63) is 61.7 Å². The SMILES string of the molecule is COc1ccc(NC(NC(=O)c2cccc(I)c2)C(Cl)(Cl)Cl)c([N+](=O)[O-])c1. The number of nitro benzene ring substituents is 1. The van der Waals surface area contributed by atoms with Crippen molar-refractivity contribution in [1.29, 1.82) is 0 Å². The molecular formula is C16H13Cl3IN3O4. The number of hydrogen-bond donors (Lipinski definition) is 2. The molecule has 2 rings (SSSR count). The minimum Gasteiger partial charge on any atom is -0.496 e. The third-order valence-corrected chi connectivity index (χ3v) is 4.72. The number of hydrogen-bond acceptors (Lipinski definition) is 5. The molecule has 144 valence electrons. The van der Waals surface area contributed by atoms with E-state index < -0.39 is 20.8 Å². The second-order valence-electron chi connectivity index (χ2n) is 5.24. The number of anilines is 1. The summed E-state index contributed by atoms with van der Waals surface area (Å²) in [5.74, 6) is -0.214. The Morgan fingerprint density at radius 1 is 1.26 bits per heavy atom. The van der Waals surface area contributed by atoms with Gasteiger partial charge >= 0.3 is 0 Å². The van der Waals surface area contributed by atoms with Crippen LogP contribution >= 0.6 is 57.4 Å². The van der Waals surface area contributed by atoms with Gasteiger partial charge in [-0.1, -0.05) is 40.9 Å². The van der Waals surface area contributed by atoms with E-state index >= 15 is 0 Å². The Morgan fingerprint density at radius 2 is 1.96 bits per heavy atom. The number of benzene rings is 2. The molecule has 0 radical (unpaired) electrons. The summed E-state index contributed by atoms with van der Waals surface area (Å²) < 4.78 is 3.86. The Balaban J connectivity index is 2.31. The van der Waals surface area contributed by atoms with Crippen LogP contribution in [0, 0.1) is 13.7 Å². The van der Waals surface area contributed by atoms with Crippen LogP contribution in [0.25, 0.3) is 0 Å². The molecule has 27 heavy (non-hydrogen) atoms. The number of carbonyl (C=O) groups is 1. The van der Waals surface area contributed by atoms with Crippen LogP contribution in [0.4, 0.5) is 11.4 Å². The number of alkyl halides is 3. The number of nitro groups is 1. The number of carbonyl (C=O) groups excluding carboxylic acids is 1. The zero-order valence-electron chi connectivity index (χ0n) is 13.7. The molecule has 1 atom stereocenters. The molecule has 11 heteroatoms. The van der Waals surface area contributed by atoms with Gasteiger partial charge in [-0.05, 0) is 52.9 Å². The zero-order valence-corrected chi connectivity index (χ0v) is 18.1. The maximum absolute atomic E-state index is 12.5. The minimum atomic E-state index is -1.98. The summed E-state index contributed by atoms with van der Waals surface area (Å²) in [6.07, 6.45) is -1.24. The van der Waals surface area contributed by atoms with Gasteiger partial charge in [-0.25, -0.2) is 0 Å². The monoisotopic (exact) mass is 543 g/mol. The third kappa shape index (κ3) is 6.00. The van der Waals surface area contributed by atoms with E-state index in [2.05, 4.69) is 33.2 Å². The maximum atomic E-state index is 12.5. The second-order valence-corrected chi connectivity index (χ2v) is 8.86. The van der Waals surface area contributed by atoms with Crippen molar-refractivity contribution >= 4 is 74.7 Å². The maximum Gasteiger partial charge on any atom is 0.296 e. The smallest absolute Gasteiger partial charge is 0.296 e. The first-order valence-electron chi connectivity index (χ1n) is 7.34. The number of rotatable bonds is 6. The van der Waals surface area contributed by atoms with Gasteiger partial charge in [0.2, 0.25) is 3.79 Å². The molecule has 0 saturated heterocycles. The van der Waals surface area contributed by atoms with Crippen LogP contribution in [-0.2, 0) is 0 Å². The van der Waals surface area contributed by atoms with Gasteiger partial charge in [0.25, 0.3) is 11.6 Å². The summed E-state index contributed by atoms with van der Waals surface area (Å²) in [6.45, 7) is 0.